The van der Waals surface area contributed by atoms with Gasteiger partial charge in [-0.05, 0) is 80.9 Å². The highest BCUT2D eigenvalue weighted by atomic mass is 19.1. The Labute approximate surface area is 223 Å². The van der Waals surface area contributed by atoms with E-state index in [1.165, 1.54) is 19.1 Å². The molecule has 0 aliphatic heterocycles. The third-order valence-electron chi connectivity index (χ3n) is 6.32. The van der Waals surface area contributed by atoms with Crippen LogP contribution in [0.2, 0.25) is 0 Å². The number of fused-ring (bicyclic) bond motifs is 1. The van der Waals surface area contributed by atoms with Gasteiger partial charge in [-0.2, -0.15) is 4.98 Å². The highest BCUT2D eigenvalue weighted by Gasteiger charge is 2.22. The van der Waals surface area contributed by atoms with Crippen molar-refractivity contribution in [2.45, 2.75) is 40.1 Å². The summed E-state index contributed by atoms with van der Waals surface area (Å²) < 4.78 is 36.3. The molecule has 3 aromatic heterocycles. The predicted molar refractivity (Wildman–Crippen MR) is 144 cm³/mol. The Balaban J connectivity index is 1.65. The molecule has 5 rings (SSSR count). The van der Waals surface area contributed by atoms with Gasteiger partial charge in [0.15, 0.2) is 0 Å². The van der Waals surface area contributed by atoms with Gasteiger partial charge in [-0.1, -0.05) is 0 Å². The van der Waals surface area contributed by atoms with E-state index in [0.717, 1.165) is 11.8 Å². The zero-order chi connectivity index (χ0) is 27.7. The maximum absolute atomic E-state index is 14.3. The molecule has 0 saturated carbocycles. The third-order valence-corrected chi connectivity index (χ3v) is 6.32. The second-order valence-corrected chi connectivity index (χ2v) is 9.08. The number of aryl methyl sites for hydroxylation is 2. The highest BCUT2D eigenvalue weighted by molar-refractivity contribution is 5.86. The molecule has 0 spiro atoms. The Hall–Kier alpha value is -4.73. The number of rotatable bonds is 8. The molecule has 0 radical (unpaired) electrons. The molecule has 0 amide bonds. The Kier molecular flexibility index (Phi) is 7.02. The molecule has 1 atom stereocenters. The summed E-state index contributed by atoms with van der Waals surface area (Å²) in [6, 6.07) is 14.5. The maximum atomic E-state index is 14.3. The maximum Gasteiger partial charge on any atom is 0.227 e. The zero-order valence-electron chi connectivity index (χ0n) is 21.7. The average molecular weight is 529 g/mol. The first-order chi connectivity index (χ1) is 18.8. The van der Waals surface area contributed by atoms with E-state index in [4.69, 9.17) is 10.5 Å². The van der Waals surface area contributed by atoms with Crippen molar-refractivity contribution in [3.8, 4) is 28.3 Å². The van der Waals surface area contributed by atoms with Crippen molar-refractivity contribution in [2.24, 2.45) is 0 Å². The minimum atomic E-state index is -1.31. The van der Waals surface area contributed by atoms with E-state index in [-0.39, 0.29) is 24.1 Å². The molecular weight excluding hydrogens is 502 g/mol. The molecule has 10 heteroatoms. The Morgan fingerprint density at radius 3 is 2.49 bits per heavy atom. The smallest absolute Gasteiger partial charge is 0.227 e. The monoisotopic (exact) mass is 528 g/mol. The van der Waals surface area contributed by atoms with Gasteiger partial charge >= 0.3 is 0 Å². The van der Waals surface area contributed by atoms with E-state index in [1.807, 2.05) is 17.6 Å². The lowest BCUT2D eigenvalue weighted by Gasteiger charge is -2.17. The van der Waals surface area contributed by atoms with Crippen molar-refractivity contribution >= 4 is 23.3 Å². The minimum Gasteiger partial charge on any atom is -0.469 e. The number of carbonyl (C=O) groups is 1. The first kappa shape index (κ1) is 25.9. The second kappa shape index (κ2) is 10.6. The number of anilines is 1. The summed E-state index contributed by atoms with van der Waals surface area (Å²) in [6.45, 7) is 5.81. The first-order valence-electron chi connectivity index (χ1n) is 12.4. The van der Waals surface area contributed by atoms with Crippen LogP contribution in [0.5, 0.6) is 5.88 Å². The van der Waals surface area contributed by atoms with Crippen LogP contribution in [0.15, 0.2) is 54.6 Å². The van der Waals surface area contributed by atoms with Crippen LogP contribution in [-0.2, 0) is 13.2 Å². The van der Waals surface area contributed by atoms with Gasteiger partial charge in [0.05, 0.1) is 28.0 Å². The van der Waals surface area contributed by atoms with Crippen molar-refractivity contribution in [3.05, 3.63) is 83.2 Å². The molecule has 2 aromatic carbocycles. The van der Waals surface area contributed by atoms with Crippen LogP contribution in [0, 0.1) is 12.7 Å². The molecule has 0 fully saturated rings. The van der Waals surface area contributed by atoms with Crippen molar-refractivity contribution in [2.75, 3.05) is 5.73 Å². The molecule has 0 bridgehead atoms. The van der Waals surface area contributed by atoms with Gasteiger partial charge in [-0.15, -0.1) is 0 Å². The number of alkyl halides is 1. The van der Waals surface area contributed by atoms with Crippen molar-refractivity contribution in [3.63, 3.8) is 0 Å². The summed E-state index contributed by atoms with van der Waals surface area (Å²) in [5, 5.41) is 0. The number of hydrogen-bond acceptors (Lipinski definition) is 7. The van der Waals surface area contributed by atoms with E-state index in [9.17, 15) is 13.6 Å². The van der Waals surface area contributed by atoms with Crippen LogP contribution in [0.3, 0.4) is 0 Å². The van der Waals surface area contributed by atoms with Crippen molar-refractivity contribution < 1.29 is 18.3 Å². The number of hydrogen-bond donors (Lipinski definition) is 1. The summed E-state index contributed by atoms with van der Waals surface area (Å²) in [7, 11) is 0. The number of pyridine rings is 1. The molecule has 3 heterocycles. The Morgan fingerprint density at radius 2 is 1.79 bits per heavy atom. The minimum absolute atomic E-state index is 0.0295. The number of halogens is 2. The first-order valence-corrected chi connectivity index (χ1v) is 12.4. The van der Waals surface area contributed by atoms with E-state index >= 15 is 0 Å². The molecule has 0 aliphatic carbocycles. The number of imidazole rings is 1. The summed E-state index contributed by atoms with van der Waals surface area (Å²) >= 11 is 0. The van der Waals surface area contributed by atoms with Crippen LogP contribution in [0.1, 0.15) is 47.6 Å². The van der Waals surface area contributed by atoms with Gasteiger partial charge < -0.3 is 15.0 Å². The van der Waals surface area contributed by atoms with Gasteiger partial charge in [0.2, 0.25) is 11.8 Å². The number of carbonyl (C=O) groups excluding carboxylic acids is 1. The number of aromatic nitrogens is 5. The molecule has 0 aliphatic rings. The van der Waals surface area contributed by atoms with Crippen LogP contribution < -0.4 is 10.5 Å². The summed E-state index contributed by atoms with van der Waals surface area (Å²) in [6.07, 6.45) is -0.533. The molecule has 2 N–H and O–H groups in total. The Bertz CT molecular complexity index is 1680. The Morgan fingerprint density at radius 1 is 1.03 bits per heavy atom. The second-order valence-electron chi connectivity index (χ2n) is 9.08. The van der Waals surface area contributed by atoms with Crippen LogP contribution in [0.4, 0.5) is 14.7 Å². The zero-order valence-corrected chi connectivity index (χ0v) is 21.7. The van der Waals surface area contributed by atoms with Crippen LogP contribution in [0.25, 0.3) is 33.4 Å². The van der Waals surface area contributed by atoms with Crippen LogP contribution >= 0.6 is 0 Å². The molecule has 0 saturated heterocycles. The van der Waals surface area contributed by atoms with Crippen molar-refractivity contribution in [1.82, 2.24) is 24.5 Å². The summed E-state index contributed by atoms with van der Waals surface area (Å²) in [5.74, 6) is 0.333. The van der Waals surface area contributed by atoms with E-state index < -0.39 is 12.0 Å². The van der Waals surface area contributed by atoms with E-state index in [1.54, 1.807) is 43.3 Å². The highest BCUT2D eigenvalue weighted by Crippen LogP contribution is 2.39. The normalized spacial score (nSPS) is 12.0. The summed E-state index contributed by atoms with van der Waals surface area (Å²) in [5.41, 5.74) is 11.0. The lowest BCUT2D eigenvalue weighted by molar-refractivity contribution is 0.112. The number of nitrogens with two attached hydrogens (primary N) is 1. The van der Waals surface area contributed by atoms with Gasteiger partial charge in [0.1, 0.15) is 30.7 Å². The van der Waals surface area contributed by atoms with E-state index in [0.29, 0.717) is 51.5 Å². The number of nitrogen functional groups attached to an aromatic ring is 1. The predicted octanol–water partition coefficient (Wildman–Crippen LogP) is 6.03. The summed E-state index contributed by atoms with van der Waals surface area (Å²) in [4.78, 5) is 29.1. The van der Waals surface area contributed by atoms with Crippen LogP contribution in [-0.4, -0.2) is 30.8 Å². The van der Waals surface area contributed by atoms with E-state index in [2.05, 4.69) is 19.9 Å². The van der Waals surface area contributed by atoms with Gasteiger partial charge in [-0.3, -0.25) is 9.78 Å². The molecule has 5 aromatic rings. The SMILES string of the molecule is CCn1c(COc2nc(N)nc(-c3ccc(F)cc3)c2-c2cc(C)nc(C(C)F)c2)nc2cc(C=O)ccc21. The fourth-order valence-corrected chi connectivity index (χ4v) is 4.55. The number of ether oxygens (including phenoxy) is 1. The molecule has 1 unspecified atom stereocenters. The van der Waals surface area contributed by atoms with Crippen molar-refractivity contribution in [1.29, 1.82) is 0 Å². The third kappa shape index (κ3) is 5.18. The lowest BCUT2D eigenvalue weighted by Crippen LogP contribution is -2.09. The molecular formula is C29H26F2N6O2. The number of aldehydes is 1. The standard InChI is InChI=1S/C29H26F2N6O2/c1-4-37-24-10-5-18(14-38)12-23(24)34-25(37)15-39-28-26(20-11-16(2)33-22(13-20)17(3)30)27(35-29(32)36-28)19-6-8-21(31)9-7-19/h5-14,17H,4,15H2,1-3H3,(H2,32,35,36). The molecule has 8 nitrogen and oxygen atoms in total. The fraction of sp³-hybridized carbons (Fsp3) is 0.207. The topological polar surface area (TPSA) is 109 Å². The fourth-order valence-electron chi connectivity index (χ4n) is 4.55. The molecule has 198 valence electrons. The molecule has 39 heavy (non-hydrogen) atoms. The van der Waals surface area contributed by atoms with Gasteiger partial charge in [0.25, 0.3) is 0 Å². The number of nitrogens with zero attached hydrogens (tertiary/aromatic N) is 5. The largest absolute Gasteiger partial charge is 0.469 e. The van der Waals surface area contributed by atoms with Gasteiger partial charge in [-0.25, -0.2) is 18.7 Å². The average Bonchev–Trinajstić information content (AvgIpc) is 3.28. The van der Waals surface area contributed by atoms with Gasteiger partial charge in [0, 0.05) is 23.4 Å². The lowest BCUT2D eigenvalue weighted by atomic mass is 9.99. The quantitative estimate of drug-likeness (QED) is 0.245. The number of benzene rings is 2.